The summed E-state index contributed by atoms with van der Waals surface area (Å²) in [6.07, 6.45) is 0.997. The summed E-state index contributed by atoms with van der Waals surface area (Å²) in [5.41, 5.74) is 1.46. The van der Waals surface area contributed by atoms with E-state index in [2.05, 4.69) is 0 Å². The van der Waals surface area contributed by atoms with Crippen LogP contribution in [-0.2, 0) is 4.79 Å². The Kier molecular flexibility index (Phi) is 4.59. The number of hydrogen-bond acceptors (Lipinski definition) is 3. The summed E-state index contributed by atoms with van der Waals surface area (Å²) in [7, 11) is 0. The van der Waals surface area contributed by atoms with Gasteiger partial charge in [0.15, 0.2) is 0 Å². The van der Waals surface area contributed by atoms with Crippen molar-refractivity contribution in [2.75, 3.05) is 26.2 Å². The minimum Gasteiger partial charge on any atom is -0.380 e. The molecular weight excluding hydrogens is 397 g/mol. The Bertz CT molecular complexity index is 1190. The van der Waals surface area contributed by atoms with Gasteiger partial charge >= 0.3 is 0 Å². The maximum absolute atomic E-state index is 15.0. The van der Waals surface area contributed by atoms with Crippen LogP contribution in [0, 0.1) is 12.7 Å². The monoisotopic (exact) mass is 421 g/mol. The zero-order valence-corrected chi connectivity index (χ0v) is 17.3. The van der Waals surface area contributed by atoms with Crippen molar-refractivity contribution >= 4 is 22.7 Å². The first-order valence-electron chi connectivity index (χ1n) is 10.6. The minimum atomic E-state index is -1.20. The molecule has 2 aliphatic rings. The van der Waals surface area contributed by atoms with Crippen LogP contribution in [0.5, 0.6) is 0 Å². The average Bonchev–Trinajstić information content (AvgIpc) is 3.43. The molecule has 160 valence electrons. The maximum atomic E-state index is 15.0. The molecule has 5 rings (SSSR count). The van der Waals surface area contributed by atoms with Crippen molar-refractivity contribution in [3.8, 4) is 5.69 Å². The first-order chi connectivity index (χ1) is 14.9. The number of piperazine rings is 1. The lowest BCUT2D eigenvalue weighted by atomic mass is 10.1. The standard InChI is InChI=1S/C24H24FN3O3/c1-16-14-17-4-2-3-5-21(17)28(16)18-6-7-19(20(25)15-18)22(29)26-10-12-27(13-11-26)23(30)24(31)8-9-24/h2-7,14-15,31H,8-13H2,1H3. The second-order valence-electron chi connectivity index (χ2n) is 8.46. The summed E-state index contributed by atoms with van der Waals surface area (Å²) in [5.74, 6) is -1.20. The van der Waals surface area contributed by atoms with E-state index in [0.29, 0.717) is 44.7 Å². The van der Waals surface area contributed by atoms with Crippen molar-refractivity contribution in [1.82, 2.24) is 14.4 Å². The number of aryl methyl sites for hydroxylation is 1. The average molecular weight is 421 g/mol. The number of hydrogen-bond donors (Lipinski definition) is 1. The zero-order chi connectivity index (χ0) is 21.8. The van der Waals surface area contributed by atoms with Crippen LogP contribution < -0.4 is 0 Å². The molecule has 1 saturated carbocycles. The van der Waals surface area contributed by atoms with Gasteiger partial charge in [0.2, 0.25) is 0 Å². The molecule has 0 atom stereocenters. The van der Waals surface area contributed by atoms with Crippen molar-refractivity contribution in [3.05, 3.63) is 65.6 Å². The molecule has 1 aliphatic carbocycles. The number of aromatic nitrogens is 1. The molecule has 6 nitrogen and oxygen atoms in total. The van der Waals surface area contributed by atoms with E-state index >= 15 is 0 Å². The van der Waals surface area contributed by atoms with Gasteiger partial charge in [0, 0.05) is 42.9 Å². The molecule has 1 aromatic heterocycles. The fourth-order valence-electron chi connectivity index (χ4n) is 4.36. The minimum absolute atomic E-state index is 0.0264. The van der Waals surface area contributed by atoms with Gasteiger partial charge in [0.25, 0.3) is 11.8 Å². The van der Waals surface area contributed by atoms with Gasteiger partial charge < -0.3 is 19.5 Å². The fourth-order valence-corrected chi connectivity index (χ4v) is 4.36. The summed E-state index contributed by atoms with van der Waals surface area (Å²) >= 11 is 0. The predicted molar refractivity (Wildman–Crippen MR) is 115 cm³/mol. The Hall–Kier alpha value is -3.19. The topological polar surface area (TPSA) is 65.8 Å². The van der Waals surface area contributed by atoms with E-state index in [9.17, 15) is 19.1 Å². The van der Waals surface area contributed by atoms with Crippen molar-refractivity contribution < 1.29 is 19.1 Å². The smallest absolute Gasteiger partial charge is 0.256 e. The van der Waals surface area contributed by atoms with Crippen LogP contribution in [0.3, 0.4) is 0 Å². The zero-order valence-electron chi connectivity index (χ0n) is 17.3. The molecule has 7 heteroatoms. The molecule has 2 heterocycles. The number of nitrogens with zero attached hydrogens (tertiary/aromatic N) is 3. The molecule has 2 amide bonds. The van der Waals surface area contributed by atoms with Crippen LogP contribution in [0.15, 0.2) is 48.5 Å². The SMILES string of the molecule is Cc1cc2ccccc2n1-c1ccc(C(=O)N2CCN(C(=O)C3(O)CC3)CC2)c(F)c1. The van der Waals surface area contributed by atoms with Crippen molar-refractivity contribution in [2.24, 2.45) is 0 Å². The van der Waals surface area contributed by atoms with Gasteiger partial charge in [-0.15, -0.1) is 0 Å². The predicted octanol–water partition coefficient (Wildman–Crippen LogP) is 2.89. The van der Waals surface area contributed by atoms with Crippen LogP contribution >= 0.6 is 0 Å². The summed E-state index contributed by atoms with van der Waals surface area (Å²) in [6.45, 7) is 3.31. The van der Waals surface area contributed by atoms with Crippen LogP contribution in [0.25, 0.3) is 16.6 Å². The quantitative estimate of drug-likeness (QED) is 0.707. The number of carbonyl (C=O) groups excluding carboxylic acids is 2. The van der Waals surface area contributed by atoms with Gasteiger partial charge in [-0.05, 0) is 50.1 Å². The number of aliphatic hydroxyl groups is 1. The number of fused-ring (bicyclic) bond motifs is 1. The van der Waals surface area contributed by atoms with Gasteiger partial charge in [0.05, 0.1) is 11.1 Å². The van der Waals surface area contributed by atoms with E-state index in [-0.39, 0.29) is 17.4 Å². The second-order valence-corrected chi connectivity index (χ2v) is 8.46. The summed E-state index contributed by atoms with van der Waals surface area (Å²) < 4.78 is 17.0. The van der Waals surface area contributed by atoms with E-state index in [0.717, 1.165) is 16.6 Å². The van der Waals surface area contributed by atoms with Gasteiger partial charge in [-0.1, -0.05) is 18.2 Å². The third-order valence-electron chi connectivity index (χ3n) is 6.31. The Balaban J connectivity index is 1.34. The lowest BCUT2D eigenvalue weighted by Gasteiger charge is -2.35. The number of benzene rings is 2. The van der Waals surface area contributed by atoms with E-state index in [1.165, 1.54) is 12.1 Å². The number of amides is 2. The highest BCUT2D eigenvalue weighted by Crippen LogP contribution is 2.37. The summed E-state index contributed by atoms with van der Waals surface area (Å²) in [6, 6.07) is 14.6. The lowest BCUT2D eigenvalue weighted by Crippen LogP contribution is -2.53. The maximum Gasteiger partial charge on any atom is 0.256 e. The number of para-hydroxylation sites is 1. The molecule has 0 radical (unpaired) electrons. The number of halogens is 1. The molecule has 1 saturated heterocycles. The highest BCUT2D eigenvalue weighted by atomic mass is 19.1. The Morgan fingerprint density at radius 1 is 0.968 bits per heavy atom. The largest absolute Gasteiger partial charge is 0.380 e. The third kappa shape index (κ3) is 3.39. The molecule has 2 aromatic carbocycles. The van der Waals surface area contributed by atoms with E-state index in [1.54, 1.807) is 15.9 Å². The van der Waals surface area contributed by atoms with Gasteiger partial charge in [-0.3, -0.25) is 9.59 Å². The van der Waals surface area contributed by atoms with Crippen LogP contribution in [0.2, 0.25) is 0 Å². The Morgan fingerprint density at radius 3 is 2.32 bits per heavy atom. The molecule has 0 spiro atoms. The highest BCUT2D eigenvalue weighted by molar-refractivity contribution is 5.95. The molecule has 3 aromatic rings. The molecule has 2 fully saturated rings. The normalized spacial score (nSPS) is 17.8. The van der Waals surface area contributed by atoms with Gasteiger partial charge in [0.1, 0.15) is 11.4 Å². The first kappa shape index (κ1) is 19.8. The summed E-state index contributed by atoms with van der Waals surface area (Å²) in [4.78, 5) is 28.3. The van der Waals surface area contributed by atoms with E-state index < -0.39 is 11.4 Å². The van der Waals surface area contributed by atoms with Gasteiger partial charge in [-0.2, -0.15) is 0 Å². The molecular formula is C24H24FN3O3. The van der Waals surface area contributed by atoms with Crippen molar-refractivity contribution in [1.29, 1.82) is 0 Å². The molecule has 0 unspecified atom stereocenters. The molecule has 1 N–H and O–H groups in total. The van der Waals surface area contributed by atoms with Crippen LogP contribution in [-0.4, -0.2) is 63.1 Å². The van der Waals surface area contributed by atoms with E-state index in [1.807, 2.05) is 41.8 Å². The highest BCUT2D eigenvalue weighted by Gasteiger charge is 2.50. The lowest BCUT2D eigenvalue weighted by molar-refractivity contribution is -0.143. The van der Waals surface area contributed by atoms with Crippen LogP contribution in [0.1, 0.15) is 28.9 Å². The molecule has 0 bridgehead atoms. The molecule has 31 heavy (non-hydrogen) atoms. The summed E-state index contributed by atoms with van der Waals surface area (Å²) in [5, 5.41) is 11.1. The Morgan fingerprint density at radius 2 is 1.65 bits per heavy atom. The van der Waals surface area contributed by atoms with E-state index in [4.69, 9.17) is 0 Å². The van der Waals surface area contributed by atoms with Crippen molar-refractivity contribution in [3.63, 3.8) is 0 Å². The number of carbonyl (C=O) groups is 2. The molecule has 1 aliphatic heterocycles. The van der Waals surface area contributed by atoms with Gasteiger partial charge in [-0.25, -0.2) is 4.39 Å². The number of rotatable bonds is 3. The Labute approximate surface area is 179 Å². The third-order valence-corrected chi connectivity index (χ3v) is 6.31. The first-order valence-corrected chi connectivity index (χ1v) is 10.6. The van der Waals surface area contributed by atoms with Crippen LogP contribution in [0.4, 0.5) is 4.39 Å². The van der Waals surface area contributed by atoms with Crippen molar-refractivity contribution in [2.45, 2.75) is 25.4 Å². The second kappa shape index (κ2) is 7.20. The fraction of sp³-hybridized carbons (Fsp3) is 0.333.